The van der Waals surface area contributed by atoms with E-state index in [-0.39, 0.29) is 17.8 Å². The summed E-state index contributed by atoms with van der Waals surface area (Å²) in [6.07, 6.45) is 5.38. The number of carbonyl (C=O) groups is 1. The van der Waals surface area contributed by atoms with E-state index < -0.39 is 5.97 Å². The number of nitrogens with one attached hydrogen (secondary N) is 1. The molecular formula is C14H20N2O3. The molecule has 5 heteroatoms. The lowest BCUT2D eigenvalue weighted by Gasteiger charge is -2.36. The molecule has 0 amide bonds. The van der Waals surface area contributed by atoms with Gasteiger partial charge in [0.1, 0.15) is 5.69 Å². The Hall–Kier alpha value is -1.46. The van der Waals surface area contributed by atoms with Crippen LogP contribution in [0.3, 0.4) is 0 Å². The van der Waals surface area contributed by atoms with Crippen LogP contribution in [0.4, 0.5) is 0 Å². The minimum atomic E-state index is -1.02. The predicted molar refractivity (Wildman–Crippen MR) is 70.9 cm³/mol. The van der Waals surface area contributed by atoms with Crippen molar-refractivity contribution in [1.29, 1.82) is 0 Å². The van der Waals surface area contributed by atoms with Crippen molar-refractivity contribution in [1.82, 2.24) is 10.3 Å². The second-order valence-electron chi connectivity index (χ2n) is 5.17. The summed E-state index contributed by atoms with van der Waals surface area (Å²) in [5.41, 5.74) is 0.526. The van der Waals surface area contributed by atoms with E-state index in [9.17, 15) is 9.90 Å². The molecule has 1 heterocycles. The lowest BCUT2D eigenvalue weighted by Crippen LogP contribution is -2.49. The van der Waals surface area contributed by atoms with E-state index in [2.05, 4.69) is 10.3 Å². The molecule has 0 aliphatic heterocycles. The largest absolute Gasteiger partial charge is 0.477 e. The number of rotatable bonds is 5. The van der Waals surface area contributed by atoms with Gasteiger partial charge in [0, 0.05) is 12.1 Å². The van der Waals surface area contributed by atoms with Crippen LogP contribution in [0, 0.1) is 0 Å². The van der Waals surface area contributed by atoms with Gasteiger partial charge in [0.2, 0.25) is 0 Å². The highest BCUT2D eigenvalue weighted by atomic mass is 16.4. The molecule has 3 N–H and O–H groups in total. The standard InChI is InChI=1S/C14H20N2O3/c17-10-14(7-2-1-3-8-14)15-9-11-5-4-6-12(16-11)13(18)19/h4-6,15,17H,1-3,7-10H2,(H,18,19). The van der Waals surface area contributed by atoms with Crippen LogP contribution in [0.1, 0.15) is 48.3 Å². The Bertz CT molecular complexity index is 442. The Morgan fingerprint density at radius 2 is 2.05 bits per heavy atom. The Balaban J connectivity index is 2.00. The van der Waals surface area contributed by atoms with Crippen LogP contribution < -0.4 is 5.32 Å². The molecule has 1 fully saturated rings. The van der Waals surface area contributed by atoms with E-state index in [0.29, 0.717) is 12.2 Å². The molecule has 1 aromatic rings. The van der Waals surface area contributed by atoms with Crippen molar-refractivity contribution in [2.75, 3.05) is 6.61 Å². The quantitative estimate of drug-likeness (QED) is 0.752. The van der Waals surface area contributed by atoms with Crippen LogP contribution in [-0.4, -0.2) is 33.3 Å². The van der Waals surface area contributed by atoms with Gasteiger partial charge in [-0.15, -0.1) is 0 Å². The topological polar surface area (TPSA) is 82.5 Å². The van der Waals surface area contributed by atoms with Crippen LogP contribution in [0.5, 0.6) is 0 Å². The zero-order valence-corrected chi connectivity index (χ0v) is 10.9. The second kappa shape index (κ2) is 6.12. The molecule has 5 nitrogen and oxygen atoms in total. The summed E-state index contributed by atoms with van der Waals surface area (Å²) in [7, 11) is 0. The number of nitrogens with zero attached hydrogens (tertiary/aromatic N) is 1. The van der Waals surface area contributed by atoms with E-state index in [0.717, 1.165) is 25.7 Å². The lowest BCUT2D eigenvalue weighted by atomic mass is 9.82. The van der Waals surface area contributed by atoms with Gasteiger partial charge in [0.05, 0.1) is 12.3 Å². The van der Waals surface area contributed by atoms with Crippen molar-refractivity contribution < 1.29 is 15.0 Å². The summed E-state index contributed by atoms with van der Waals surface area (Å²) >= 11 is 0. The first-order valence-electron chi connectivity index (χ1n) is 6.70. The average Bonchev–Trinajstić information content (AvgIpc) is 2.46. The molecule has 1 saturated carbocycles. The smallest absolute Gasteiger partial charge is 0.354 e. The third-order valence-electron chi connectivity index (χ3n) is 3.78. The third kappa shape index (κ3) is 3.52. The number of hydrogen-bond acceptors (Lipinski definition) is 4. The van der Waals surface area contributed by atoms with Crippen LogP contribution in [0.25, 0.3) is 0 Å². The van der Waals surface area contributed by atoms with Crippen LogP contribution in [0.2, 0.25) is 0 Å². The fourth-order valence-electron chi connectivity index (χ4n) is 2.59. The van der Waals surface area contributed by atoms with Gasteiger partial charge in [-0.2, -0.15) is 0 Å². The van der Waals surface area contributed by atoms with Gasteiger partial charge in [-0.05, 0) is 25.0 Å². The number of hydrogen-bond donors (Lipinski definition) is 3. The summed E-state index contributed by atoms with van der Waals surface area (Å²) in [6.45, 7) is 0.604. The molecule has 1 aromatic heterocycles. The molecule has 2 rings (SSSR count). The number of aliphatic hydroxyl groups is 1. The molecular weight excluding hydrogens is 244 g/mol. The van der Waals surface area contributed by atoms with Gasteiger partial charge in [-0.1, -0.05) is 25.3 Å². The van der Waals surface area contributed by atoms with E-state index in [4.69, 9.17) is 5.11 Å². The Morgan fingerprint density at radius 3 is 2.68 bits per heavy atom. The molecule has 104 valence electrons. The van der Waals surface area contributed by atoms with Crippen LogP contribution in [0.15, 0.2) is 18.2 Å². The molecule has 1 aliphatic rings. The monoisotopic (exact) mass is 264 g/mol. The number of aromatic carboxylic acids is 1. The maximum absolute atomic E-state index is 10.9. The Kier molecular flexibility index (Phi) is 4.50. The maximum Gasteiger partial charge on any atom is 0.354 e. The van der Waals surface area contributed by atoms with Gasteiger partial charge < -0.3 is 15.5 Å². The molecule has 0 unspecified atom stereocenters. The maximum atomic E-state index is 10.9. The number of aliphatic hydroxyl groups excluding tert-OH is 1. The molecule has 1 aliphatic carbocycles. The number of pyridine rings is 1. The fraction of sp³-hybridized carbons (Fsp3) is 0.571. The van der Waals surface area contributed by atoms with Gasteiger partial charge in [-0.25, -0.2) is 9.78 Å². The normalized spacial score (nSPS) is 18.2. The predicted octanol–water partition coefficient (Wildman–Crippen LogP) is 1.56. The average molecular weight is 264 g/mol. The molecule has 0 atom stereocenters. The summed E-state index contributed by atoms with van der Waals surface area (Å²) in [5.74, 6) is -1.02. The molecule has 0 spiro atoms. The van der Waals surface area contributed by atoms with E-state index >= 15 is 0 Å². The van der Waals surface area contributed by atoms with Crippen molar-refractivity contribution in [2.45, 2.75) is 44.2 Å². The van der Waals surface area contributed by atoms with Gasteiger partial charge >= 0.3 is 5.97 Å². The van der Waals surface area contributed by atoms with Crippen molar-refractivity contribution >= 4 is 5.97 Å². The molecule has 0 saturated heterocycles. The van der Waals surface area contributed by atoms with Gasteiger partial charge in [0.15, 0.2) is 0 Å². The number of carboxylic acid groups (broad SMARTS) is 1. The summed E-state index contributed by atoms with van der Waals surface area (Å²) in [6, 6.07) is 4.97. The van der Waals surface area contributed by atoms with Crippen molar-refractivity contribution in [3.8, 4) is 0 Å². The van der Waals surface area contributed by atoms with E-state index in [1.54, 1.807) is 12.1 Å². The second-order valence-corrected chi connectivity index (χ2v) is 5.17. The minimum absolute atomic E-state index is 0.0565. The molecule has 0 aromatic carbocycles. The van der Waals surface area contributed by atoms with Crippen molar-refractivity contribution in [3.63, 3.8) is 0 Å². The van der Waals surface area contributed by atoms with Crippen LogP contribution >= 0.6 is 0 Å². The molecule has 19 heavy (non-hydrogen) atoms. The number of carboxylic acids is 1. The first-order chi connectivity index (χ1) is 9.15. The summed E-state index contributed by atoms with van der Waals surface area (Å²) < 4.78 is 0. The van der Waals surface area contributed by atoms with Gasteiger partial charge in [0.25, 0.3) is 0 Å². The zero-order valence-electron chi connectivity index (χ0n) is 10.9. The van der Waals surface area contributed by atoms with Crippen molar-refractivity contribution in [2.24, 2.45) is 0 Å². The molecule has 0 bridgehead atoms. The summed E-state index contributed by atoms with van der Waals surface area (Å²) in [5, 5.41) is 21.8. The van der Waals surface area contributed by atoms with E-state index in [1.807, 2.05) is 0 Å². The summed E-state index contributed by atoms with van der Waals surface area (Å²) in [4.78, 5) is 14.9. The fourth-order valence-corrected chi connectivity index (χ4v) is 2.59. The van der Waals surface area contributed by atoms with Gasteiger partial charge in [-0.3, -0.25) is 0 Å². The third-order valence-corrected chi connectivity index (χ3v) is 3.78. The molecule has 0 radical (unpaired) electrons. The highest BCUT2D eigenvalue weighted by molar-refractivity contribution is 5.85. The lowest BCUT2D eigenvalue weighted by molar-refractivity contribution is 0.0690. The Labute approximate surface area is 112 Å². The first kappa shape index (κ1) is 14.0. The van der Waals surface area contributed by atoms with Crippen LogP contribution in [-0.2, 0) is 6.54 Å². The zero-order chi connectivity index (χ0) is 13.7. The van der Waals surface area contributed by atoms with Crippen molar-refractivity contribution in [3.05, 3.63) is 29.6 Å². The minimum Gasteiger partial charge on any atom is -0.477 e. The number of aromatic nitrogens is 1. The Morgan fingerprint density at radius 1 is 1.32 bits per heavy atom. The highest BCUT2D eigenvalue weighted by Gasteiger charge is 2.30. The SMILES string of the molecule is O=C(O)c1cccc(CNC2(CO)CCCCC2)n1. The first-order valence-corrected chi connectivity index (χ1v) is 6.70. The van der Waals surface area contributed by atoms with E-state index in [1.165, 1.54) is 12.5 Å². The highest BCUT2D eigenvalue weighted by Crippen LogP contribution is 2.27.